The third-order valence-corrected chi connectivity index (χ3v) is 5.50. The van der Waals surface area contributed by atoms with Crippen LogP contribution in [0.1, 0.15) is 58.8 Å². The molecular weight excluding hydrogens is 252 g/mol. The summed E-state index contributed by atoms with van der Waals surface area (Å²) in [4.78, 5) is 26.8. The van der Waals surface area contributed by atoms with Crippen molar-refractivity contribution in [1.82, 2.24) is 10.2 Å². The third kappa shape index (κ3) is 2.45. The minimum Gasteiger partial charge on any atom is -0.342 e. The molecule has 1 saturated heterocycles. The van der Waals surface area contributed by atoms with Crippen LogP contribution in [0.3, 0.4) is 0 Å². The maximum atomic E-state index is 12.7. The summed E-state index contributed by atoms with van der Waals surface area (Å²) in [5, 5.41) is 2.94. The lowest BCUT2D eigenvalue weighted by Crippen LogP contribution is -2.65. The summed E-state index contributed by atoms with van der Waals surface area (Å²) < 4.78 is 0. The van der Waals surface area contributed by atoms with Gasteiger partial charge in [0.2, 0.25) is 11.8 Å². The van der Waals surface area contributed by atoms with E-state index in [2.05, 4.69) is 12.2 Å². The van der Waals surface area contributed by atoms with Gasteiger partial charge in [-0.25, -0.2) is 0 Å². The highest BCUT2D eigenvalue weighted by Gasteiger charge is 2.47. The van der Waals surface area contributed by atoms with Crippen LogP contribution >= 0.6 is 0 Å². The quantitative estimate of drug-likeness (QED) is 0.859. The molecule has 0 radical (unpaired) electrons. The number of piperazine rings is 1. The van der Waals surface area contributed by atoms with Crippen LogP contribution in [0.25, 0.3) is 0 Å². The second-order valence-electron chi connectivity index (χ2n) is 6.83. The molecule has 1 N–H and O–H groups in total. The Hall–Kier alpha value is -1.06. The van der Waals surface area contributed by atoms with E-state index >= 15 is 0 Å². The van der Waals surface area contributed by atoms with E-state index in [1.165, 1.54) is 19.3 Å². The zero-order valence-corrected chi connectivity index (χ0v) is 12.6. The molecule has 112 valence electrons. The Kier molecular flexibility index (Phi) is 3.74. The van der Waals surface area contributed by atoms with Crippen molar-refractivity contribution in [3.05, 3.63) is 0 Å². The first-order valence-corrected chi connectivity index (χ1v) is 8.24. The monoisotopic (exact) mass is 278 g/mol. The number of carbonyl (C=O) groups excluding carboxylic acids is 2. The number of hydrogen-bond acceptors (Lipinski definition) is 2. The fourth-order valence-corrected chi connectivity index (χ4v) is 3.89. The van der Waals surface area contributed by atoms with Gasteiger partial charge in [-0.2, -0.15) is 0 Å². The summed E-state index contributed by atoms with van der Waals surface area (Å²) in [5.74, 6) is 1.43. The van der Waals surface area contributed by atoms with E-state index in [9.17, 15) is 9.59 Å². The largest absolute Gasteiger partial charge is 0.342 e. The standard InChI is InChI=1S/C16H26N2O2/c1-3-11-4-8-13(9-5-11)18-10(2)15(19)17-14(16(18)20)12-6-7-12/h10-14H,3-9H2,1-2H3,(H,17,19). The molecule has 2 amide bonds. The second-order valence-corrected chi connectivity index (χ2v) is 6.83. The number of carbonyl (C=O) groups is 2. The molecule has 20 heavy (non-hydrogen) atoms. The van der Waals surface area contributed by atoms with Crippen LogP contribution in [0.4, 0.5) is 0 Å². The predicted octanol–water partition coefficient (Wildman–Crippen LogP) is 2.08. The lowest BCUT2D eigenvalue weighted by Gasteiger charge is -2.44. The highest BCUT2D eigenvalue weighted by Crippen LogP contribution is 2.37. The highest BCUT2D eigenvalue weighted by atomic mass is 16.2. The van der Waals surface area contributed by atoms with Crippen molar-refractivity contribution in [2.24, 2.45) is 11.8 Å². The van der Waals surface area contributed by atoms with Gasteiger partial charge in [-0.1, -0.05) is 13.3 Å². The van der Waals surface area contributed by atoms with Crippen molar-refractivity contribution in [1.29, 1.82) is 0 Å². The minimum atomic E-state index is -0.291. The second kappa shape index (κ2) is 5.38. The van der Waals surface area contributed by atoms with Crippen LogP contribution in [0.2, 0.25) is 0 Å². The summed E-state index contributed by atoms with van der Waals surface area (Å²) in [6, 6.07) is -0.240. The fourth-order valence-electron chi connectivity index (χ4n) is 3.89. The van der Waals surface area contributed by atoms with E-state index in [0.717, 1.165) is 31.6 Å². The normalized spacial score (nSPS) is 38.8. The topological polar surface area (TPSA) is 49.4 Å². The molecule has 0 aromatic rings. The molecule has 0 aromatic carbocycles. The number of hydrogen-bond donors (Lipinski definition) is 1. The van der Waals surface area contributed by atoms with E-state index in [1.807, 2.05) is 11.8 Å². The summed E-state index contributed by atoms with van der Waals surface area (Å²) in [6.07, 6.45) is 7.95. The summed E-state index contributed by atoms with van der Waals surface area (Å²) in [5.41, 5.74) is 0. The Labute approximate surface area is 121 Å². The Morgan fingerprint density at radius 1 is 1.10 bits per heavy atom. The molecule has 2 saturated carbocycles. The predicted molar refractivity (Wildman–Crippen MR) is 77.0 cm³/mol. The summed E-state index contributed by atoms with van der Waals surface area (Å²) >= 11 is 0. The molecule has 2 unspecified atom stereocenters. The van der Waals surface area contributed by atoms with Crippen LogP contribution in [0, 0.1) is 11.8 Å². The first kappa shape index (κ1) is 13.9. The number of rotatable bonds is 3. The Bertz CT molecular complexity index is 397. The third-order valence-electron chi connectivity index (χ3n) is 5.50. The van der Waals surface area contributed by atoms with E-state index in [0.29, 0.717) is 5.92 Å². The fraction of sp³-hybridized carbons (Fsp3) is 0.875. The summed E-state index contributed by atoms with van der Waals surface area (Å²) in [7, 11) is 0. The van der Waals surface area contributed by atoms with Gasteiger partial charge in [0.25, 0.3) is 0 Å². The lowest BCUT2D eigenvalue weighted by atomic mass is 9.83. The average Bonchev–Trinajstić information content (AvgIpc) is 3.28. The van der Waals surface area contributed by atoms with E-state index in [1.54, 1.807) is 0 Å². The van der Waals surface area contributed by atoms with Crippen LogP contribution in [0.5, 0.6) is 0 Å². The molecule has 2 atom stereocenters. The molecular formula is C16H26N2O2. The van der Waals surface area contributed by atoms with Crippen molar-refractivity contribution in [2.75, 3.05) is 0 Å². The Morgan fingerprint density at radius 3 is 2.30 bits per heavy atom. The van der Waals surface area contributed by atoms with Gasteiger partial charge in [-0.3, -0.25) is 9.59 Å². The summed E-state index contributed by atoms with van der Waals surface area (Å²) in [6.45, 7) is 4.12. The van der Waals surface area contributed by atoms with Crippen molar-refractivity contribution in [3.8, 4) is 0 Å². The number of amides is 2. The molecule has 1 heterocycles. The SMILES string of the molecule is CCC1CCC(N2C(=O)C(C3CC3)NC(=O)C2C)CC1. The van der Waals surface area contributed by atoms with E-state index in [4.69, 9.17) is 0 Å². The van der Waals surface area contributed by atoms with Crippen LogP contribution < -0.4 is 5.32 Å². The maximum absolute atomic E-state index is 12.7. The molecule has 2 aliphatic carbocycles. The maximum Gasteiger partial charge on any atom is 0.246 e. The van der Waals surface area contributed by atoms with Gasteiger partial charge in [0.15, 0.2) is 0 Å². The minimum absolute atomic E-state index is 0.0408. The molecule has 3 rings (SSSR count). The van der Waals surface area contributed by atoms with E-state index < -0.39 is 0 Å². The van der Waals surface area contributed by atoms with Gasteiger partial charge in [0.1, 0.15) is 12.1 Å². The number of nitrogens with one attached hydrogen (secondary N) is 1. The molecule has 4 nitrogen and oxygen atoms in total. The van der Waals surface area contributed by atoms with Gasteiger partial charge in [-0.05, 0) is 57.3 Å². The zero-order chi connectivity index (χ0) is 14.3. The van der Waals surface area contributed by atoms with E-state index in [-0.39, 0.29) is 29.9 Å². The molecule has 0 bridgehead atoms. The van der Waals surface area contributed by atoms with Crippen molar-refractivity contribution in [3.63, 3.8) is 0 Å². The van der Waals surface area contributed by atoms with Crippen molar-refractivity contribution in [2.45, 2.75) is 76.9 Å². The molecule has 3 fully saturated rings. The van der Waals surface area contributed by atoms with Crippen LogP contribution in [-0.4, -0.2) is 34.8 Å². The average molecular weight is 278 g/mol. The van der Waals surface area contributed by atoms with Gasteiger partial charge < -0.3 is 10.2 Å². The highest BCUT2D eigenvalue weighted by molar-refractivity contribution is 5.97. The Balaban J connectivity index is 1.72. The van der Waals surface area contributed by atoms with Gasteiger partial charge in [0, 0.05) is 6.04 Å². The molecule has 4 heteroatoms. The van der Waals surface area contributed by atoms with Gasteiger partial charge in [-0.15, -0.1) is 0 Å². The lowest BCUT2D eigenvalue weighted by molar-refractivity contribution is -0.153. The number of nitrogens with zero attached hydrogens (tertiary/aromatic N) is 1. The van der Waals surface area contributed by atoms with Crippen molar-refractivity contribution < 1.29 is 9.59 Å². The van der Waals surface area contributed by atoms with Crippen LogP contribution in [0.15, 0.2) is 0 Å². The zero-order valence-electron chi connectivity index (χ0n) is 12.6. The Morgan fingerprint density at radius 2 is 1.75 bits per heavy atom. The molecule has 0 spiro atoms. The first-order valence-electron chi connectivity index (χ1n) is 8.24. The molecule has 3 aliphatic rings. The molecule has 0 aromatic heterocycles. The van der Waals surface area contributed by atoms with Gasteiger partial charge in [0.05, 0.1) is 0 Å². The molecule has 1 aliphatic heterocycles. The van der Waals surface area contributed by atoms with Crippen molar-refractivity contribution >= 4 is 11.8 Å². The first-order chi connectivity index (χ1) is 9.61. The van der Waals surface area contributed by atoms with Gasteiger partial charge >= 0.3 is 0 Å². The van der Waals surface area contributed by atoms with Crippen LogP contribution in [-0.2, 0) is 9.59 Å². The smallest absolute Gasteiger partial charge is 0.246 e.